The Morgan fingerprint density at radius 3 is 2.45 bits per heavy atom. The van der Waals surface area contributed by atoms with E-state index in [1.807, 2.05) is 31.2 Å². The number of nitrogens with one attached hydrogen (secondary N) is 1. The van der Waals surface area contributed by atoms with Gasteiger partial charge in [0.15, 0.2) is 0 Å². The summed E-state index contributed by atoms with van der Waals surface area (Å²) >= 11 is 6.14. The van der Waals surface area contributed by atoms with Crippen LogP contribution < -0.4 is 5.32 Å². The molecular weight excluding hydrogens is 302 g/mol. The van der Waals surface area contributed by atoms with Crippen LogP contribution in [0.25, 0.3) is 0 Å². The Morgan fingerprint density at radius 2 is 1.86 bits per heavy atom. The maximum atomic E-state index is 12.1. The molecule has 1 aromatic carbocycles. The topological polar surface area (TPSA) is 52.7 Å². The van der Waals surface area contributed by atoms with Gasteiger partial charge in [-0.25, -0.2) is 0 Å². The molecule has 6 heteroatoms. The average molecular weight is 324 g/mol. The van der Waals surface area contributed by atoms with E-state index in [-0.39, 0.29) is 17.9 Å². The van der Waals surface area contributed by atoms with Gasteiger partial charge in [0.1, 0.15) is 0 Å². The first-order chi connectivity index (χ1) is 10.5. The van der Waals surface area contributed by atoms with Gasteiger partial charge in [-0.2, -0.15) is 0 Å². The minimum absolute atomic E-state index is 0.0244. The number of hydrogen-bond acceptors (Lipinski definition) is 3. The minimum atomic E-state index is -0.125. The largest absolute Gasteiger partial charge is 0.348 e. The van der Waals surface area contributed by atoms with Crippen molar-refractivity contribution in [1.82, 2.24) is 15.1 Å². The quantitative estimate of drug-likeness (QED) is 0.917. The van der Waals surface area contributed by atoms with Gasteiger partial charge in [-0.05, 0) is 18.6 Å². The first-order valence-electron chi connectivity index (χ1n) is 7.49. The summed E-state index contributed by atoms with van der Waals surface area (Å²) in [5.74, 6) is 0.0696. The molecule has 0 bridgehead atoms. The van der Waals surface area contributed by atoms with Crippen molar-refractivity contribution in [3.05, 3.63) is 34.9 Å². The van der Waals surface area contributed by atoms with Crippen LogP contribution in [-0.2, 0) is 9.59 Å². The molecule has 1 aliphatic rings. The molecule has 0 radical (unpaired) electrons. The molecule has 0 saturated carbocycles. The fraction of sp³-hybridized carbons (Fsp3) is 0.500. The highest BCUT2D eigenvalue weighted by molar-refractivity contribution is 6.31. The van der Waals surface area contributed by atoms with Gasteiger partial charge in [-0.1, -0.05) is 29.8 Å². The van der Waals surface area contributed by atoms with Crippen LogP contribution >= 0.6 is 11.6 Å². The lowest BCUT2D eigenvalue weighted by atomic mass is 10.1. The predicted octanol–water partition coefficient (Wildman–Crippen LogP) is 1.68. The van der Waals surface area contributed by atoms with E-state index in [0.717, 1.165) is 18.7 Å². The van der Waals surface area contributed by atoms with Gasteiger partial charge in [0.2, 0.25) is 11.8 Å². The Kier molecular flexibility index (Phi) is 5.80. The van der Waals surface area contributed by atoms with Crippen LogP contribution in [0.4, 0.5) is 0 Å². The second-order valence-corrected chi connectivity index (χ2v) is 6.00. The molecule has 120 valence electrons. The lowest BCUT2D eigenvalue weighted by molar-refractivity contribution is -0.131. The normalized spacial score (nSPS) is 17.1. The van der Waals surface area contributed by atoms with E-state index in [0.29, 0.717) is 24.7 Å². The molecule has 5 nitrogen and oxygen atoms in total. The second kappa shape index (κ2) is 7.61. The third-order valence-corrected chi connectivity index (χ3v) is 4.28. The predicted molar refractivity (Wildman–Crippen MR) is 86.7 cm³/mol. The standard InChI is InChI=1S/C16H22ClN3O2/c1-12(14-5-3-4-6-15(14)17)18-16(22)11-19-7-9-20(10-8-19)13(2)21/h3-6,12H,7-11H2,1-2H3,(H,18,22)/t12-/m1/s1. The third kappa shape index (κ3) is 4.45. The molecule has 1 atom stereocenters. The average Bonchev–Trinajstić information content (AvgIpc) is 2.48. The summed E-state index contributed by atoms with van der Waals surface area (Å²) in [5.41, 5.74) is 0.916. The molecule has 1 fully saturated rings. The monoisotopic (exact) mass is 323 g/mol. The van der Waals surface area contributed by atoms with E-state index in [1.54, 1.807) is 11.8 Å². The molecule has 1 N–H and O–H groups in total. The lowest BCUT2D eigenvalue weighted by Crippen LogP contribution is -2.50. The van der Waals surface area contributed by atoms with Crippen molar-refractivity contribution in [3.8, 4) is 0 Å². The van der Waals surface area contributed by atoms with Crippen LogP contribution in [-0.4, -0.2) is 54.3 Å². The van der Waals surface area contributed by atoms with E-state index in [1.165, 1.54) is 0 Å². The van der Waals surface area contributed by atoms with E-state index < -0.39 is 0 Å². The number of carbonyl (C=O) groups excluding carboxylic acids is 2. The molecule has 0 aliphatic carbocycles. The number of halogens is 1. The SMILES string of the molecule is CC(=O)N1CCN(CC(=O)N[C@H](C)c2ccccc2Cl)CC1. The van der Waals surface area contributed by atoms with Crippen molar-refractivity contribution in [1.29, 1.82) is 0 Å². The zero-order chi connectivity index (χ0) is 16.1. The lowest BCUT2D eigenvalue weighted by Gasteiger charge is -2.33. The molecule has 1 saturated heterocycles. The molecule has 0 unspecified atom stereocenters. The molecule has 0 spiro atoms. The van der Waals surface area contributed by atoms with Gasteiger partial charge < -0.3 is 10.2 Å². The first kappa shape index (κ1) is 16.8. The summed E-state index contributed by atoms with van der Waals surface area (Å²) < 4.78 is 0. The molecule has 0 aromatic heterocycles. The van der Waals surface area contributed by atoms with E-state index in [2.05, 4.69) is 10.2 Å². The van der Waals surface area contributed by atoms with Crippen LogP contribution in [0.3, 0.4) is 0 Å². The van der Waals surface area contributed by atoms with Crippen LogP contribution in [0.15, 0.2) is 24.3 Å². The maximum absolute atomic E-state index is 12.1. The number of amides is 2. The van der Waals surface area contributed by atoms with Crippen LogP contribution in [0.2, 0.25) is 5.02 Å². The van der Waals surface area contributed by atoms with Gasteiger partial charge in [0.05, 0.1) is 12.6 Å². The van der Waals surface area contributed by atoms with E-state index in [9.17, 15) is 9.59 Å². The van der Waals surface area contributed by atoms with Crippen molar-refractivity contribution in [2.75, 3.05) is 32.7 Å². The molecule has 2 rings (SSSR count). The van der Waals surface area contributed by atoms with Gasteiger partial charge >= 0.3 is 0 Å². The van der Waals surface area contributed by atoms with Gasteiger partial charge in [0.25, 0.3) is 0 Å². The minimum Gasteiger partial charge on any atom is -0.348 e. The number of nitrogens with zero attached hydrogens (tertiary/aromatic N) is 2. The number of benzene rings is 1. The Hall–Kier alpha value is -1.59. The summed E-state index contributed by atoms with van der Waals surface area (Å²) in [7, 11) is 0. The van der Waals surface area contributed by atoms with E-state index in [4.69, 9.17) is 11.6 Å². The molecule has 2 amide bonds. The van der Waals surface area contributed by atoms with Crippen molar-refractivity contribution in [3.63, 3.8) is 0 Å². The zero-order valence-corrected chi connectivity index (χ0v) is 13.8. The summed E-state index contributed by atoms with van der Waals surface area (Å²) in [6.07, 6.45) is 0. The molecular formula is C16H22ClN3O2. The second-order valence-electron chi connectivity index (χ2n) is 5.59. The number of carbonyl (C=O) groups is 2. The highest BCUT2D eigenvalue weighted by Gasteiger charge is 2.21. The van der Waals surface area contributed by atoms with Gasteiger partial charge in [-0.3, -0.25) is 14.5 Å². The highest BCUT2D eigenvalue weighted by atomic mass is 35.5. The summed E-state index contributed by atoms with van der Waals surface area (Å²) in [6, 6.07) is 7.39. The maximum Gasteiger partial charge on any atom is 0.234 e. The first-order valence-corrected chi connectivity index (χ1v) is 7.87. The van der Waals surface area contributed by atoms with Gasteiger partial charge in [0, 0.05) is 38.1 Å². The fourth-order valence-electron chi connectivity index (χ4n) is 2.62. The molecule has 1 heterocycles. The number of piperazine rings is 1. The third-order valence-electron chi connectivity index (χ3n) is 3.93. The van der Waals surface area contributed by atoms with Crippen molar-refractivity contribution >= 4 is 23.4 Å². The summed E-state index contributed by atoms with van der Waals surface area (Å²) in [6.45, 7) is 6.67. The van der Waals surface area contributed by atoms with Crippen molar-refractivity contribution in [2.45, 2.75) is 19.9 Å². The van der Waals surface area contributed by atoms with Crippen LogP contribution in [0.5, 0.6) is 0 Å². The van der Waals surface area contributed by atoms with E-state index >= 15 is 0 Å². The Bertz CT molecular complexity index is 542. The van der Waals surface area contributed by atoms with Crippen LogP contribution in [0, 0.1) is 0 Å². The highest BCUT2D eigenvalue weighted by Crippen LogP contribution is 2.21. The number of hydrogen-bond donors (Lipinski definition) is 1. The smallest absolute Gasteiger partial charge is 0.234 e. The Morgan fingerprint density at radius 1 is 1.23 bits per heavy atom. The Balaban J connectivity index is 1.81. The van der Waals surface area contributed by atoms with Crippen molar-refractivity contribution < 1.29 is 9.59 Å². The molecule has 1 aromatic rings. The van der Waals surface area contributed by atoms with Gasteiger partial charge in [-0.15, -0.1) is 0 Å². The van der Waals surface area contributed by atoms with Crippen LogP contribution in [0.1, 0.15) is 25.5 Å². The Labute approximate surface area is 136 Å². The van der Waals surface area contributed by atoms with Crippen molar-refractivity contribution in [2.24, 2.45) is 0 Å². The summed E-state index contributed by atoms with van der Waals surface area (Å²) in [4.78, 5) is 27.3. The molecule has 22 heavy (non-hydrogen) atoms. The summed E-state index contributed by atoms with van der Waals surface area (Å²) in [5, 5.41) is 3.63. The number of rotatable bonds is 4. The fourth-order valence-corrected chi connectivity index (χ4v) is 2.91. The zero-order valence-electron chi connectivity index (χ0n) is 13.0. The molecule has 1 aliphatic heterocycles.